The predicted molar refractivity (Wildman–Crippen MR) is 108 cm³/mol. The molecule has 1 unspecified atom stereocenters. The van der Waals surface area contributed by atoms with Crippen LogP contribution in [0.1, 0.15) is 24.2 Å². The van der Waals surface area contributed by atoms with Crippen LogP contribution in [0, 0.1) is 5.92 Å². The molecule has 9 heteroatoms. The molecule has 0 bridgehead atoms. The van der Waals surface area contributed by atoms with E-state index in [0.717, 1.165) is 30.7 Å². The Morgan fingerprint density at radius 3 is 2.83 bits per heavy atom. The van der Waals surface area contributed by atoms with Crippen molar-refractivity contribution < 1.29 is 9.53 Å². The quantitative estimate of drug-likeness (QED) is 0.660. The van der Waals surface area contributed by atoms with Gasteiger partial charge in [0, 0.05) is 31.9 Å². The number of ether oxygens (including phenoxy) is 1. The van der Waals surface area contributed by atoms with E-state index < -0.39 is 0 Å². The van der Waals surface area contributed by atoms with Gasteiger partial charge in [0.2, 0.25) is 17.8 Å². The molecule has 9 nitrogen and oxygen atoms in total. The van der Waals surface area contributed by atoms with Gasteiger partial charge >= 0.3 is 0 Å². The highest BCUT2D eigenvalue weighted by Gasteiger charge is 2.27. The van der Waals surface area contributed by atoms with Crippen molar-refractivity contribution in [2.45, 2.75) is 19.3 Å². The predicted octanol–water partition coefficient (Wildman–Crippen LogP) is 2.05. The zero-order valence-electron chi connectivity index (χ0n) is 16.2. The minimum atomic E-state index is -0.156. The molecule has 0 spiro atoms. The number of carbonyl (C=O) groups excluding carboxylic acids is 1. The number of methoxy groups -OCH3 is 1. The van der Waals surface area contributed by atoms with Crippen LogP contribution in [0.25, 0.3) is 0 Å². The molecule has 1 fully saturated rings. The SMILES string of the molecule is COc1ccc(Cc2nc(NC(=O)C3CCCN(c4ncccn4)C3)n[nH]2)cc1. The molecular formula is C20H23N7O2. The average Bonchev–Trinajstić information content (AvgIpc) is 3.21. The van der Waals surface area contributed by atoms with Crippen LogP contribution in [0.3, 0.4) is 0 Å². The summed E-state index contributed by atoms with van der Waals surface area (Å²) in [5.41, 5.74) is 1.07. The molecule has 3 heterocycles. The fourth-order valence-corrected chi connectivity index (χ4v) is 3.41. The fourth-order valence-electron chi connectivity index (χ4n) is 3.41. The number of hydrogen-bond donors (Lipinski definition) is 2. The van der Waals surface area contributed by atoms with Crippen molar-refractivity contribution in [2.24, 2.45) is 5.92 Å². The normalized spacial score (nSPS) is 16.4. The molecule has 150 valence electrons. The molecule has 1 aliphatic rings. The van der Waals surface area contributed by atoms with E-state index in [1.165, 1.54) is 0 Å². The van der Waals surface area contributed by atoms with Crippen molar-refractivity contribution in [3.05, 3.63) is 54.1 Å². The van der Waals surface area contributed by atoms with Crippen molar-refractivity contribution >= 4 is 17.8 Å². The highest BCUT2D eigenvalue weighted by molar-refractivity contribution is 5.91. The maximum Gasteiger partial charge on any atom is 0.248 e. The summed E-state index contributed by atoms with van der Waals surface area (Å²) in [6, 6.07) is 9.54. The maximum absolute atomic E-state index is 12.7. The highest BCUT2D eigenvalue weighted by atomic mass is 16.5. The van der Waals surface area contributed by atoms with E-state index >= 15 is 0 Å². The second-order valence-corrected chi connectivity index (χ2v) is 6.95. The first-order chi connectivity index (χ1) is 14.2. The van der Waals surface area contributed by atoms with Crippen LogP contribution in [0.2, 0.25) is 0 Å². The lowest BCUT2D eigenvalue weighted by Gasteiger charge is -2.31. The molecule has 1 amide bonds. The van der Waals surface area contributed by atoms with Crippen LogP contribution in [-0.4, -0.2) is 51.3 Å². The fraction of sp³-hybridized carbons (Fsp3) is 0.350. The number of carbonyl (C=O) groups is 1. The number of aromatic nitrogens is 5. The summed E-state index contributed by atoms with van der Waals surface area (Å²) < 4.78 is 5.17. The first kappa shape index (κ1) is 18.9. The second kappa shape index (κ2) is 8.68. The molecule has 3 aromatic rings. The molecule has 0 saturated carbocycles. The van der Waals surface area contributed by atoms with E-state index in [1.54, 1.807) is 25.6 Å². The third kappa shape index (κ3) is 4.68. The third-order valence-electron chi connectivity index (χ3n) is 4.92. The molecule has 0 radical (unpaired) electrons. The van der Waals surface area contributed by atoms with Crippen LogP contribution in [0.4, 0.5) is 11.9 Å². The third-order valence-corrected chi connectivity index (χ3v) is 4.92. The van der Waals surface area contributed by atoms with Crippen molar-refractivity contribution in [3.63, 3.8) is 0 Å². The van der Waals surface area contributed by atoms with Gasteiger partial charge in [-0.15, -0.1) is 5.10 Å². The first-order valence-corrected chi connectivity index (χ1v) is 9.58. The molecule has 0 aliphatic carbocycles. The zero-order valence-corrected chi connectivity index (χ0v) is 16.2. The molecule has 2 N–H and O–H groups in total. The molecule has 1 atom stereocenters. The van der Waals surface area contributed by atoms with Crippen LogP contribution in [0.5, 0.6) is 5.75 Å². The van der Waals surface area contributed by atoms with Gasteiger partial charge in [0.1, 0.15) is 11.6 Å². The molecule has 1 saturated heterocycles. The smallest absolute Gasteiger partial charge is 0.248 e. The summed E-state index contributed by atoms with van der Waals surface area (Å²) in [6.45, 7) is 1.43. The van der Waals surface area contributed by atoms with Crippen molar-refractivity contribution in [3.8, 4) is 5.75 Å². The Balaban J connectivity index is 1.34. The number of nitrogens with zero attached hydrogens (tertiary/aromatic N) is 5. The summed E-state index contributed by atoms with van der Waals surface area (Å²) >= 11 is 0. The molecule has 2 aromatic heterocycles. The van der Waals surface area contributed by atoms with E-state index in [0.29, 0.717) is 30.7 Å². The number of amides is 1. The number of rotatable bonds is 6. The summed E-state index contributed by atoms with van der Waals surface area (Å²) in [5.74, 6) is 2.21. The molecule has 1 aromatic carbocycles. The zero-order chi connectivity index (χ0) is 20.1. The number of benzene rings is 1. The topological polar surface area (TPSA) is 109 Å². The molecule has 29 heavy (non-hydrogen) atoms. The summed E-state index contributed by atoms with van der Waals surface area (Å²) in [6.07, 6.45) is 5.74. The number of aromatic amines is 1. The van der Waals surface area contributed by atoms with Gasteiger partial charge < -0.3 is 9.64 Å². The van der Waals surface area contributed by atoms with Gasteiger partial charge in [0.15, 0.2) is 0 Å². The lowest BCUT2D eigenvalue weighted by Crippen LogP contribution is -2.41. The second-order valence-electron chi connectivity index (χ2n) is 6.95. The number of piperidine rings is 1. The van der Waals surface area contributed by atoms with Gasteiger partial charge in [0.25, 0.3) is 0 Å². The van der Waals surface area contributed by atoms with Crippen molar-refractivity contribution in [1.82, 2.24) is 25.1 Å². The Hall–Kier alpha value is -3.49. The van der Waals surface area contributed by atoms with E-state index in [4.69, 9.17) is 4.74 Å². The maximum atomic E-state index is 12.7. The van der Waals surface area contributed by atoms with Gasteiger partial charge in [-0.25, -0.2) is 9.97 Å². The number of hydrogen-bond acceptors (Lipinski definition) is 7. The largest absolute Gasteiger partial charge is 0.497 e. The van der Waals surface area contributed by atoms with Crippen molar-refractivity contribution in [2.75, 3.05) is 30.4 Å². The van der Waals surface area contributed by atoms with Crippen molar-refractivity contribution in [1.29, 1.82) is 0 Å². The Bertz CT molecular complexity index is 943. The van der Waals surface area contributed by atoms with Gasteiger partial charge in [-0.2, -0.15) is 4.98 Å². The molecular weight excluding hydrogens is 370 g/mol. The van der Waals surface area contributed by atoms with Gasteiger partial charge in [-0.3, -0.25) is 15.2 Å². The minimum Gasteiger partial charge on any atom is -0.497 e. The van der Waals surface area contributed by atoms with E-state index in [9.17, 15) is 4.79 Å². The van der Waals surface area contributed by atoms with Gasteiger partial charge in [0.05, 0.1) is 13.0 Å². The summed E-state index contributed by atoms with van der Waals surface area (Å²) in [4.78, 5) is 27.7. The Kier molecular flexibility index (Phi) is 5.64. The molecule has 4 rings (SSSR count). The Morgan fingerprint density at radius 2 is 2.07 bits per heavy atom. The van der Waals surface area contributed by atoms with E-state index in [2.05, 4.69) is 30.5 Å². The lowest BCUT2D eigenvalue weighted by molar-refractivity contribution is -0.120. The number of H-pyrrole nitrogens is 1. The molecule has 1 aliphatic heterocycles. The Labute approximate surface area is 168 Å². The highest BCUT2D eigenvalue weighted by Crippen LogP contribution is 2.21. The minimum absolute atomic E-state index is 0.0828. The van der Waals surface area contributed by atoms with Gasteiger partial charge in [-0.1, -0.05) is 12.1 Å². The van der Waals surface area contributed by atoms with Gasteiger partial charge in [-0.05, 0) is 36.6 Å². The summed E-state index contributed by atoms with van der Waals surface area (Å²) in [5, 5.41) is 9.84. The average molecular weight is 393 g/mol. The van der Waals surface area contributed by atoms with Crippen LogP contribution in [0.15, 0.2) is 42.7 Å². The van der Waals surface area contributed by atoms with Crippen LogP contribution < -0.4 is 15.0 Å². The number of nitrogens with one attached hydrogen (secondary N) is 2. The standard InChI is InChI=1S/C20H23N7O2/c1-29-16-7-5-14(6-8-16)12-17-23-19(26-25-17)24-18(28)15-4-2-11-27(13-15)20-21-9-3-10-22-20/h3,5-10,15H,2,4,11-13H2,1H3,(H2,23,24,25,26,28). The summed E-state index contributed by atoms with van der Waals surface area (Å²) in [7, 11) is 1.64. The monoisotopic (exact) mass is 393 g/mol. The lowest BCUT2D eigenvalue weighted by atomic mass is 9.97. The van der Waals surface area contributed by atoms with E-state index in [1.807, 2.05) is 29.2 Å². The number of anilines is 2. The van der Waals surface area contributed by atoms with Crippen LogP contribution in [-0.2, 0) is 11.2 Å². The van der Waals surface area contributed by atoms with Crippen LogP contribution >= 0.6 is 0 Å². The first-order valence-electron chi connectivity index (χ1n) is 9.58. The Morgan fingerprint density at radius 1 is 1.28 bits per heavy atom. The van der Waals surface area contributed by atoms with E-state index in [-0.39, 0.29) is 11.8 Å².